The lowest BCUT2D eigenvalue weighted by atomic mass is 10.2. The highest BCUT2D eigenvalue weighted by Crippen LogP contribution is 2.28. The molecule has 0 aromatic heterocycles. The lowest BCUT2D eigenvalue weighted by molar-refractivity contribution is -0.158. The molecule has 1 heterocycles. The third-order valence-electron chi connectivity index (χ3n) is 2.65. The largest absolute Gasteiger partial charge is 0.462 e. The van der Waals surface area contributed by atoms with E-state index < -0.39 is 11.9 Å². The fraction of sp³-hybridized carbons (Fsp3) is 0.333. The summed E-state index contributed by atoms with van der Waals surface area (Å²) in [5.41, 5.74) is 1.08. The van der Waals surface area contributed by atoms with Gasteiger partial charge in [-0.1, -0.05) is 0 Å². The molecule has 1 aliphatic heterocycles. The number of carbonyl (C=O) groups is 2. The number of carbonyl (C=O) groups excluding carboxylic acids is 2. The number of hydrogen-bond donors (Lipinski definition) is 0. The molecule has 2 rings (SSSR count). The van der Waals surface area contributed by atoms with Gasteiger partial charge in [0.25, 0.3) is 0 Å². The molecular formula is C12H12INO3S. The second-order valence-electron chi connectivity index (χ2n) is 3.82. The van der Waals surface area contributed by atoms with E-state index in [1.807, 2.05) is 12.1 Å². The van der Waals surface area contributed by atoms with Crippen LogP contribution in [-0.2, 0) is 20.9 Å². The molecule has 0 unspecified atom stereocenters. The number of amides is 1. The lowest BCUT2D eigenvalue weighted by Crippen LogP contribution is -2.37. The number of esters is 1. The van der Waals surface area contributed by atoms with E-state index in [-0.39, 0.29) is 0 Å². The predicted molar refractivity (Wildman–Crippen MR) is 77.3 cm³/mol. The van der Waals surface area contributed by atoms with E-state index in [2.05, 4.69) is 33.4 Å². The summed E-state index contributed by atoms with van der Waals surface area (Å²) in [5, 5.41) is 0. The van der Waals surface area contributed by atoms with Gasteiger partial charge in [-0.25, -0.2) is 4.79 Å². The van der Waals surface area contributed by atoms with Gasteiger partial charge in [0.15, 0.2) is 0 Å². The summed E-state index contributed by atoms with van der Waals surface area (Å²) in [7, 11) is 1.23. The molecule has 0 saturated heterocycles. The van der Waals surface area contributed by atoms with Crippen LogP contribution < -0.4 is 0 Å². The zero-order valence-corrected chi connectivity index (χ0v) is 12.8. The number of ether oxygens (including phenoxy) is 1. The minimum absolute atomic E-state index is 0.465. The number of benzene rings is 1. The summed E-state index contributed by atoms with van der Waals surface area (Å²) in [5.74, 6) is -0.574. The molecule has 6 heteroatoms. The Kier molecular flexibility index (Phi) is 4.50. The van der Waals surface area contributed by atoms with Gasteiger partial charge >= 0.3 is 11.9 Å². The van der Waals surface area contributed by atoms with Crippen LogP contribution in [-0.4, -0.2) is 36.2 Å². The molecule has 4 nitrogen and oxygen atoms in total. The Morgan fingerprint density at radius 2 is 2.22 bits per heavy atom. The second-order valence-corrected chi connectivity index (χ2v) is 6.20. The van der Waals surface area contributed by atoms with Crippen molar-refractivity contribution in [2.45, 2.75) is 11.4 Å². The SMILES string of the molecule is COC(=O)C(=O)N1CCSc2ccc(I)cc2C1. The Bertz CT molecular complexity index is 492. The van der Waals surface area contributed by atoms with E-state index in [1.54, 1.807) is 16.7 Å². The van der Waals surface area contributed by atoms with Crippen LogP contribution in [0.5, 0.6) is 0 Å². The Morgan fingerprint density at radius 3 is 2.94 bits per heavy atom. The molecule has 18 heavy (non-hydrogen) atoms. The van der Waals surface area contributed by atoms with E-state index >= 15 is 0 Å². The number of hydrogen-bond acceptors (Lipinski definition) is 4. The molecule has 96 valence electrons. The summed E-state index contributed by atoms with van der Waals surface area (Å²) in [6.07, 6.45) is 0. The van der Waals surface area contributed by atoms with Crippen molar-refractivity contribution in [1.29, 1.82) is 0 Å². The average molecular weight is 377 g/mol. The molecule has 1 aromatic rings. The highest BCUT2D eigenvalue weighted by atomic mass is 127. The maximum absolute atomic E-state index is 11.8. The average Bonchev–Trinajstić information content (AvgIpc) is 2.58. The van der Waals surface area contributed by atoms with Crippen LogP contribution in [0.2, 0.25) is 0 Å². The number of fused-ring (bicyclic) bond motifs is 1. The fourth-order valence-electron chi connectivity index (χ4n) is 1.75. The molecule has 0 radical (unpaired) electrons. The lowest BCUT2D eigenvalue weighted by Gasteiger charge is -2.18. The molecule has 0 bridgehead atoms. The highest BCUT2D eigenvalue weighted by Gasteiger charge is 2.25. The first-order valence-electron chi connectivity index (χ1n) is 5.40. The highest BCUT2D eigenvalue weighted by molar-refractivity contribution is 14.1. The Balaban J connectivity index is 2.23. The van der Waals surface area contributed by atoms with E-state index in [1.165, 1.54) is 12.0 Å². The van der Waals surface area contributed by atoms with Gasteiger partial charge in [0, 0.05) is 27.3 Å². The van der Waals surface area contributed by atoms with Crippen molar-refractivity contribution in [2.24, 2.45) is 0 Å². The Hall–Kier alpha value is -0.760. The molecular weight excluding hydrogens is 365 g/mol. The molecule has 0 aliphatic carbocycles. The van der Waals surface area contributed by atoms with Crippen molar-refractivity contribution < 1.29 is 14.3 Å². The topological polar surface area (TPSA) is 46.6 Å². The molecule has 1 aromatic carbocycles. The first-order chi connectivity index (χ1) is 8.61. The van der Waals surface area contributed by atoms with Gasteiger partial charge in [0.2, 0.25) is 0 Å². The van der Waals surface area contributed by atoms with Gasteiger partial charge in [-0.3, -0.25) is 4.79 Å². The van der Waals surface area contributed by atoms with Gasteiger partial charge in [-0.2, -0.15) is 0 Å². The molecule has 0 N–H and O–H groups in total. The van der Waals surface area contributed by atoms with Crippen molar-refractivity contribution in [1.82, 2.24) is 4.90 Å². The number of methoxy groups -OCH3 is 1. The Labute approximate surface area is 123 Å². The maximum Gasteiger partial charge on any atom is 0.396 e. The Morgan fingerprint density at radius 1 is 1.44 bits per heavy atom. The number of rotatable bonds is 0. The van der Waals surface area contributed by atoms with E-state index in [0.717, 1.165) is 14.9 Å². The number of halogens is 1. The third kappa shape index (κ3) is 2.97. The smallest absolute Gasteiger partial charge is 0.396 e. The summed E-state index contributed by atoms with van der Waals surface area (Å²) >= 11 is 3.95. The summed E-state index contributed by atoms with van der Waals surface area (Å²) in [6.45, 7) is 1.02. The summed E-state index contributed by atoms with van der Waals surface area (Å²) < 4.78 is 5.60. The van der Waals surface area contributed by atoms with Gasteiger partial charge in [0.05, 0.1) is 7.11 Å². The van der Waals surface area contributed by atoms with Gasteiger partial charge in [-0.15, -0.1) is 11.8 Å². The van der Waals surface area contributed by atoms with Crippen molar-refractivity contribution in [3.05, 3.63) is 27.3 Å². The third-order valence-corrected chi connectivity index (χ3v) is 4.42. The van der Waals surface area contributed by atoms with Crippen LogP contribution in [0.4, 0.5) is 0 Å². The fourth-order valence-corrected chi connectivity index (χ4v) is 3.31. The minimum Gasteiger partial charge on any atom is -0.462 e. The summed E-state index contributed by atoms with van der Waals surface area (Å²) in [4.78, 5) is 25.8. The van der Waals surface area contributed by atoms with Gasteiger partial charge < -0.3 is 9.64 Å². The molecule has 0 fully saturated rings. The van der Waals surface area contributed by atoms with Crippen LogP contribution in [0.25, 0.3) is 0 Å². The van der Waals surface area contributed by atoms with Crippen LogP contribution in [0.15, 0.2) is 23.1 Å². The van der Waals surface area contributed by atoms with Gasteiger partial charge in [-0.05, 0) is 46.4 Å². The van der Waals surface area contributed by atoms with Crippen molar-refractivity contribution >= 4 is 46.2 Å². The van der Waals surface area contributed by atoms with Crippen molar-refractivity contribution in [2.75, 3.05) is 19.4 Å². The van der Waals surface area contributed by atoms with Gasteiger partial charge in [0.1, 0.15) is 0 Å². The molecule has 0 saturated carbocycles. The van der Waals surface area contributed by atoms with Crippen molar-refractivity contribution in [3.8, 4) is 0 Å². The summed E-state index contributed by atoms with van der Waals surface area (Å²) in [6, 6.07) is 6.16. The zero-order chi connectivity index (χ0) is 13.1. The number of thioether (sulfide) groups is 1. The van der Waals surface area contributed by atoms with E-state index in [0.29, 0.717) is 13.1 Å². The number of nitrogens with zero attached hydrogens (tertiary/aromatic N) is 1. The predicted octanol–water partition coefficient (Wildman–Crippen LogP) is 1.90. The van der Waals surface area contributed by atoms with Crippen LogP contribution in [0.3, 0.4) is 0 Å². The molecule has 1 amide bonds. The quantitative estimate of drug-likeness (QED) is 0.394. The monoisotopic (exact) mass is 377 g/mol. The first kappa shape index (κ1) is 13.7. The first-order valence-corrected chi connectivity index (χ1v) is 7.46. The standard InChI is InChI=1S/C12H12INO3S/c1-17-12(16)11(15)14-4-5-18-10-3-2-9(13)6-8(10)7-14/h2-3,6H,4-5,7H2,1H3. The van der Waals surface area contributed by atoms with Crippen LogP contribution >= 0.6 is 34.4 Å². The van der Waals surface area contributed by atoms with E-state index in [9.17, 15) is 9.59 Å². The molecule has 0 spiro atoms. The molecule has 0 atom stereocenters. The second kappa shape index (κ2) is 5.92. The van der Waals surface area contributed by atoms with Crippen LogP contribution in [0.1, 0.15) is 5.56 Å². The molecule has 1 aliphatic rings. The van der Waals surface area contributed by atoms with E-state index in [4.69, 9.17) is 0 Å². The van der Waals surface area contributed by atoms with Crippen LogP contribution in [0, 0.1) is 3.57 Å². The minimum atomic E-state index is -0.797. The van der Waals surface area contributed by atoms with Crippen molar-refractivity contribution in [3.63, 3.8) is 0 Å². The zero-order valence-electron chi connectivity index (χ0n) is 9.81. The maximum atomic E-state index is 11.8. The normalized spacial score (nSPS) is 14.7.